The predicted molar refractivity (Wildman–Crippen MR) is 85.6 cm³/mol. The van der Waals surface area contributed by atoms with E-state index in [2.05, 4.69) is 20.9 Å². The van der Waals surface area contributed by atoms with Crippen LogP contribution in [0.2, 0.25) is 0 Å². The van der Waals surface area contributed by atoms with Gasteiger partial charge in [-0.3, -0.25) is 0 Å². The fourth-order valence-corrected chi connectivity index (χ4v) is 3.20. The van der Waals surface area contributed by atoms with Gasteiger partial charge in [0, 0.05) is 20.3 Å². The Morgan fingerprint density at radius 1 is 1.38 bits per heavy atom. The third kappa shape index (κ3) is 3.06. The van der Waals surface area contributed by atoms with Crippen LogP contribution in [0, 0.1) is 0 Å². The maximum atomic E-state index is 11.9. The number of ether oxygens (including phenoxy) is 2. The lowest BCUT2D eigenvalue weighted by Crippen LogP contribution is -2.05. The lowest BCUT2D eigenvalue weighted by molar-refractivity contribution is -0.129. The quantitative estimate of drug-likeness (QED) is 0.614. The summed E-state index contributed by atoms with van der Waals surface area (Å²) in [5, 5.41) is 1.94. The maximum Gasteiger partial charge on any atom is 0.363 e. The number of thiophene rings is 1. The number of carbonyl (C=O) groups is 1. The first-order valence-corrected chi connectivity index (χ1v) is 7.74. The summed E-state index contributed by atoms with van der Waals surface area (Å²) < 4.78 is 11.3. The van der Waals surface area contributed by atoms with Gasteiger partial charge in [0.2, 0.25) is 5.90 Å². The summed E-state index contributed by atoms with van der Waals surface area (Å²) in [5.74, 6) is 0.531. The highest BCUT2D eigenvalue weighted by Crippen LogP contribution is 2.25. The highest BCUT2D eigenvalue weighted by molar-refractivity contribution is 9.10. The zero-order chi connectivity index (χ0) is 14.8. The number of hydrogen-bond donors (Lipinski definition) is 0. The molecule has 1 aliphatic heterocycles. The Bertz CT molecular complexity index is 764. The second kappa shape index (κ2) is 5.83. The Morgan fingerprint density at radius 3 is 2.95 bits per heavy atom. The number of rotatable bonds is 3. The summed E-state index contributed by atoms with van der Waals surface area (Å²) in [7, 11) is 1.58. The number of esters is 1. The molecule has 21 heavy (non-hydrogen) atoms. The molecule has 1 aromatic heterocycles. The van der Waals surface area contributed by atoms with Gasteiger partial charge in [-0.2, -0.15) is 0 Å². The molecule has 0 atom stereocenters. The smallest absolute Gasteiger partial charge is 0.363 e. The Balaban J connectivity index is 1.93. The van der Waals surface area contributed by atoms with Crippen LogP contribution in [0.4, 0.5) is 0 Å². The number of cyclic esters (lactones) is 1. The van der Waals surface area contributed by atoms with E-state index in [0.717, 1.165) is 9.35 Å². The highest BCUT2D eigenvalue weighted by atomic mass is 79.9. The predicted octanol–water partition coefficient (Wildman–Crippen LogP) is 3.86. The highest BCUT2D eigenvalue weighted by Gasteiger charge is 2.24. The number of methoxy groups -OCH3 is 1. The van der Waals surface area contributed by atoms with Crippen molar-refractivity contribution in [2.75, 3.05) is 7.11 Å². The fourth-order valence-electron chi connectivity index (χ4n) is 1.83. The van der Waals surface area contributed by atoms with E-state index in [1.165, 1.54) is 11.3 Å². The molecule has 2 aromatic rings. The molecule has 2 heterocycles. The number of hydrogen-bond acceptors (Lipinski definition) is 5. The molecule has 0 amide bonds. The van der Waals surface area contributed by atoms with E-state index in [4.69, 9.17) is 9.47 Å². The van der Waals surface area contributed by atoms with E-state index in [1.54, 1.807) is 19.3 Å². The van der Waals surface area contributed by atoms with Gasteiger partial charge in [0.15, 0.2) is 5.70 Å². The third-order valence-corrected chi connectivity index (χ3v) is 4.44. The van der Waals surface area contributed by atoms with Crippen LogP contribution in [0.3, 0.4) is 0 Å². The Labute approximate surface area is 133 Å². The van der Waals surface area contributed by atoms with E-state index in [0.29, 0.717) is 22.9 Å². The van der Waals surface area contributed by atoms with Gasteiger partial charge in [-0.1, -0.05) is 6.07 Å². The Hall–Kier alpha value is -1.92. The minimum absolute atomic E-state index is 0.292. The largest absolute Gasteiger partial charge is 0.497 e. The Kier molecular flexibility index (Phi) is 3.90. The molecular weight excluding hydrogens is 354 g/mol. The monoisotopic (exact) mass is 363 g/mol. The molecule has 0 unspecified atom stereocenters. The second-order valence-corrected chi connectivity index (χ2v) is 6.09. The lowest BCUT2D eigenvalue weighted by Gasteiger charge is -2.02. The fraction of sp³-hybridized carbons (Fsp3) is 0.0667. The molecule has 0 radical (unpaired) electrons. The molecule has 0 aliphatic carbocycles. The average Bonchev–Trinajstić information content (AvgIpc) is 3.06. The van der Waals surface area contributed by atoms with Crippen molar-refractivity contribution in [1.29, 1.82) is 0 Å². The molecule has 4 nitrogen and oxygen atoms in total. The molecule has 106 valence electrons. The standard InChI is InChI=1S/C15H10BrNO3S/c1-19-11-4-2-3-9(5-11)14-17-13(15(18)20-14)7-12-6-10(16)8-21-12/h2-8H,1H3/b13-7+. The van der Waals surface area contributed by atoms with E-state index in [-0.39, 0.29) is 0 Å². The van der Waals surface area contributed by atoms with Gasteiger partial charge >= 0.3 is 5.97 Å². The first-order valence-electron chi connectivity index (χ1n) is 6.07. The number of benzene rings is 1. The van der Waals surface area contributed by atoms with Crippen LogP contribution < -0.4 is 4.74 Å². The van der Waals surface area contributed by atoms with Crippen molar-refractivity contribution in [3.05, 3.63) is 56.3 Å². The summed E-state index contributed by atoms with van der Waals surface area (Å²) in [6.45, 7) is 0. The molecule has 1 aliphatic rings. The van der Waals surface area contributed by atoms with Crippen molar-refractivity contribution in [3.63, 3.8) is 0 Å². The van der Waals surface area contributed by atoms with Crippen molar-refractivity contribution in [3.8, 4) is 5.75 Å². The number of carbonyl (C=O) groups excluding carboxylic acids is 1. The summed E-state index contributed by atoms with van der Waals surface area (Å²) in [5.41, 5.74) is 1.00. The van der Waals surface area contributed by atoms with Crippen LogP contribution in [0.25, 0.3) is 6.08 Å². The normalized spacial score (nSPS) is 16.0. The minimum Gasteiger partial charge on any atom is -0.497 e. The van der Waals surface area contributed by atoms with E-state index < -0.39 is 5.97 Å². The van der Waals surface area contributed by atoms with Gasteiger partial charge in [0.25, 0.3) is 0 Å². The summed E-state index contributed by atoms with van der Waals surface area (Å²) >= 11 is 4.90. The lowest BCUT2D eigenvalue weighted by atomic mass is 10.2. The molecular formula is C15H10BrNO3S. The van der Waals surface area contributed by atoms with Gasteiger partial charge in [-0.15, -0.1) is 11.3 Å². The van der Waals surface area contributed by atoms with Gasteiger partial charge in [0.1, 0.15) is 5.75 Å². The molecule has 3 rings (SSSR count). The van der Waals surface area contributed by atoms with Crippen molar-refractivity contribution < 1.29 is 14.3 Å². The molecule has 6 heteroatoms. The van der Waals surface area contributed by atoms with Crippen LogP contribution in [0.1, 0.15) is 10.4 Å². The minimum atomic E-state index is -0.447. The summed E-state index contributed by atoms with van der Waals surface area (Å²) in [6.07, 6.45) is 1.71. The topological polar surface area (TPSA) is 47.9 Å². The first kappa shape index (κ1) is 14.0. The molecule has 0 N–H and O–H groups in total. The van der Waals surface area contributed by atoms with Crippen LogP contribution in [-0.4, -0.2) is 19.0 Å². The SMILES string of the molecule is COc1cccc(C2=N/C(=C/c3cc(Br)cs3)C(=O)O2)c1. The number of nitrogens with zero attached hydrogens (tertiary/aromatic N) is 1. The van der Waals surface area contributed by atoms with E-state index >= 15 is 0 Å². The van der Waals surface area contributed by atoms with Gasteiger partial charge in [-0.25, -0.2) is 9.79 Å². The first-order chi connectivity index (χ1) is 10.2. The molecule has 0 bridgehead atoms. The Morgan fingerprint density at radius 2 is 2.24 bits per heavy atom. The van der Waals surface area contributed by atoms with Crippen molar-refractivity contribution in [1.82, 2.24) is 0 Å². The van der Waals surface area contributed by atoms with Crippen molar-refractivity contribution in [2.45, 2.75) is 0 Å². The van der Waals surface area contributed by atoms with Crippen LogP contribution in [0.5, 0.6) is 5.75 Å². The zero-order valence-corrected chi connectivity index (χ0v) is 13.4. The second-order valence-electron chi connectivity index (χ2n) is 4.24. The van der Waals surface area contributed by atoms with Crippen molar-refractivity contribution in [2.24, 2.45) is 4.99 Å². The van der Waals surface area contributed by atoms with E-state index in [9.17, 15) is 4.79 Å². The third-order valence-electron chi connectivity index (χ3n) is 2.80. The van der Waals surface area contributed by atoms with Crippen molar-refractivity contribution >= 4 is 45.2 Å². The van der Waals surface area contributed by atoms with Crippen LogP contribution in [0.15, 0.2) is 50.9 Å². The number of aliphatic imine (C=N–C) groups is 1. The molecule has 0 saturated carbocycles. The zero-order valence-electron chi connectivity index (χ0n) is 11.0. The van der Waals surface area contributed by atoms with Gasteiger partial charge in [-0.05, 0) is 46.3 Å². The summed E-state index contributed by atoms with van der Waals surface area (Å²) in [4.78, 5) is 17.1. The van der Waals surface area contributed by atoms with E-state index in [1.807, 2.05) is 29.6 Å². The maximum absolute atomic E-state index is 11.9. The summed E-state index contributed by atoms with van der Waals surface area (Å²) in [6, 6.07) is 9.16. The molecule has 0 spiro atoms. The van der Waals surface area contributed by atoms with Crippen LogP contribution >= 0.6 is 27.3 Å². The number of halogens is 1. The average molecular weight is 364 g/mol. The van der Waals surface area contributed by atoms with Crippen LogP contribution in [-0.2, 0) is 9.53 Å². The van der Waals surface area contributed by atoms with Gasteiger partial charge in [0.05, 0.1) is 7.11 Å². The molecule has 0 saturated heterocycles. The molecule has 0 fully saturated rings. The van der Waals surface area contributed by atoms with Gasteiger partial charge < -0.3 is 9.47 Å². The molecule has 1 aromatic carbocycles.